The van der Waals surface area contributed by atoms with Crippen LogP contribution in [0.3, 0.4) is 0 Å². The third-order valence-corrected chi connectivity index (χ3v) is 6.20. The number of aryl methyl sites for hydroxylation is 1. The lowest BCUT2D eigenvalue weighted by molar-refractivity contribution is 0.0758. The van der Waals surface area contributed by atoms with Gasteiger partial charge in [0.15, 0.2) is 0 Å². The van der Waals surface area contributed by atoms with Crippen LogP contribution < -0.4 is 0 Å². The Labute approximate surface area is 153 Å². The second kappa shape index (κ2) is 7.92. The van der Waals surface area contributed by atoms with E-state index in [1.54, 1.807) is 4.90 Å². The molecule has 0 radical (unpaired) electrons. The molecule has 7 nitrogen and oxygen atoms in total. The zero-order chi connectivity index (χ0) is 18.6. The highest BCUT2D eigenvalue weighted by Gasteiger charge is 2.27. The maximum Gasteiger partial charge on any atom is 0.274 e. The second-order valence-electron chi connectivity index (χ2n) is 6.38. The Kier molecular flexibility index (Phi) is 5.63. The highest BCUT2D eigenvalue weighted by molar-refractivity contribution is 7.88. The van der Waals surface area contributed by atoms with Gasteiger partial charge < -0.3 is 4.90 Å². The van der Waals surface area contributed by atoms with Gasteiger partial charge in [0.25, 0.3) is 5.91 Å². The molecule has 0 unspecified atom stereocenters. The van der Waals surface area contributed by atoms with Crippen LogP contribution in [0.2, 0.25) is 0 Å². The van der Waals surface area contributed by atoms with E-state index in [2.05, 4.69) is 9.97 Å². The van der Waals surface area contributed by atoms with Crippen LogP contribution in [0.5, 0.6) is 0 Å². The monoisotopic (exact) mass is 374 g/mol. The fourth-order valence-electron chi connectivity index (χ4n) is 3.05. The maximum atomic E-state index is 12.8. The number of benzene rings is 1. The standard InChI is InChI=1S/C18H22N4O3S/c1-15-4-2-5-16(12-15)14-26(24,25)22-9-3-8-21(10-11-22)18(23)17-13-19-6-7-20-17/h2,4-7,12-13H,3,8-11,14H2,1H3. The van der Waals surface area contributed by atoms with Gasteiger partial charge in [-0.3, -0.25) is 9.78 Å². The Morgan fingerprint density at radius 3 is 2.73 bits per heavy atom. The molecule has 0 bridgehead atoms. The van der Waals surface area contributed by atoms with E-state index in [1.807, 2.05) is 31.2 Å². The van der Waals surface area contributed by atoms with Crippen LogP contribution >= 0.6 is 0 Å². The summed E-state index contributed by atoms with van der Waals surface area (Å²) in [6.45, 7) is 3.50. The van der Waals surface area contributed by atoms with E-state index in [0.717, 1.165) is 11.1 Å². The van der Waals surface area contributed by atoms with Crippen LogP contribution in [0.15, 0.2) is 42.9 Å². The van der Waals surface area contributed by atoms with Crippen LogP contribution in [0, 0.1) is 6.92 Å². The number of hydrogen-bond donors (Lipinski definition) is 0. The number of aromatic nitrogens is 2. The van der Waals surface area contributed by atoms with Gasteiger partial charge in [-0.05, 0) is 18.9 Å². The quantitative estimate of drug-likeness (QED) is 0.809. The van der Waals surface area contributed by atoms with E-state index >= 15 is 0 Å². The summed E-state index contributed by atoms with van der Waals surface area (Å²) in [6, 6.07) is 7.52. The van der Waals surface area contributed by atoms with E-state index in [0.29, 0.717) is 32.6 Å². The van der Waals surface area contributed by atoms with E-state index in [1.165, 1.54) is 22.9 Å². The third-order valence-electron chi connectivity index (χ3n) is 4.35. The molecule has 0 aliphatic carbocycles. The number of sulfonamides is 1. The molecule has 1 fully saturated rings. The van der Waals surface area contributed by atoms with Gasteiger partial charge in [-0.15, -0.1) is 0 Å². The Bertz CT molecular complexity index is 871. The minimum atomic E-state index is -3.42. The van der Waals surface area contributed by atoms with Crippen molar-refractivity contribution in [3.05, 3.63) is 59.7 Å². The molecule has 1 saturated heterocycles. The number of nitrogens with zero attached hydrogens (tertiary/aromatic N) is 4. The minimum Gasteiger partial charge on any atom is -0.336 e. The lowest BCUT2D eigenvalue weighted by Gasteiger charge is -2.21. The smallest absolute Gasteiger partial charge is 0.274 e. The van der Waals surface area contributed by atoms with Gasteiger partial charge in [0.2, 0.25) is 10.0 Å². The molecule has 2 aromatic rings. The van der Waals surface area contributed by atoms with Crippen LogP contribution in [-0.4, -0.2) is 59.7 Å². The Morgan fingerprint density at radius 2 is 2.00 bits per heavy atom. The predicted molar refractivity (Wildman–Crippen MR) is 97.9 cm³/mol. The highest BCUT2D eigenvalue weighted by Crippen LogP contribution is 2.15. The van der Waals surface area contributed by atoms with Gasteiger partial charge in [-0.25, -0.2) is 13.4 Å². The van der Waals surface area contributed by atoms with E-state index in [9.17, 15) is 13.2 Å². The van der Waals surface area contributed by atoms with Crippen LogP contribution in [0.1, 0.15) is 28.0 Å². The number of carbonyl (C=O) groups is 1. The molecule has 0 spiro atoms. The molecule has 1 aliphatic rings. The molecule has 8 heteroatoms. The third kappa shape index (κ3) is 4.44. The molecule has 1 aliphatic heterocycles. The molecule has 1 amide bonds. The zero-order valence-corrected chi connectivity index (χ0v) is 15.5. The fraction of sp³-hybridized carbons (Fsp3) is 0.389. The van der Waals surface area contributed by atoms with Crippen LogP contribution in [-0.2, 0) is 15.8 Å². The summed E-state index contributed by atoms with van der Waals surface area (Å²) >= 11 is 0. The van der Waals surface area contributed by atoms with Crippen molar-refractivity contribution in [2.24, 2.45) is 0 Å². The Balaban J connectivity index is 1.67. The summed E-state index contributed by atoms with van der Waals surface area (Å²) in [4.78, 5) is 22.1. The number of carbonyl (C=O) groups excluding carboxylic acids is 1. The summed E-state index contributed by atoms with van der Waals surface area (Å²) in [7, 11) is -3.42. The first-order valence-electron chi connectivity index (χ1n) is 8.54. The van der Waals surface area contributed by atoms with Crippen molar-refractivity contribution in [3.8, 4) is 0 Å². The highest BCUT2D eigenvalue weighted by atomic mass is 32.2. The zero-order valence-electron chi connectivity index (χ0n) is 14.7. The first-order chi connectivity index (χ1) is 12.5. The largest absolute Gasteiger partial charge is 0.336 e. The molecule has 2 heterocycles. The van der Waals surface area contributed by atoms with Crippen molar-refractivity contribution in [1.29, 1.82) is 0 Å². The van der Waals surface area contributed by atoms with Crippen LogP contribution in [0.25, 0.3) is 0 Å². The SMILES string of the molecule is Cc1cccc(CS(=O)(=O)N2CCCN(C(=O)c3cnccn3)CC2)c1. The normalized spacial score (nSPS) is 16.3. The first-order valence-corrected chi connectivity index (χ1v) is 10.2. The maximum absolute atomic E-state index is 12.8. The second-order valence-corrected chi connectivity index (χ2v) is 8.35. The molecule has 0 saturated carbocycles. The minimum absolute atomic E-state index is 0.0210. The van der Waals surface area contributed by atoms with Gasteiger partial charge in [0, 0.05) is 38.6 Å². The molecule has 138 valence electrons. The summed E-state index contributed by atoms with van der Waals surface area (Å²) in [5.74, 6) is -0.233. The summed E-state index contributed by atoms with van der Waals surface area (Å²) < 4.78 is 27.0. The lowest BCUT2D eigenvalue weighted by atomic mass is 10.2. The molecular weight excluding hydrogens is 352 g/mol. The molecular formula is C18H22N4O3S. The van der Waals surface area contributed by atoms with Gasteiger partial charge in [0.05, 0.1) is 11.9 Å². The van der Waals surface area contributed by atoms with Crippen molar-refractivity contribution in [3.63, 3.8) is 0 Å². The molecule has 1 aromatic heterocycles. The average molecular weight is 374 g/mol. The van der Waals surface area contributed by atoms with Crippen molar-refractivity contribution < 1.29 is 13.2 Å². The summed E-state index contributed by atoms with van der Waals surface area (Å²) in [5, 5.41) is 0. The number of amides is 1. The predicted octanol–water partition coefficient (Wildman–Crippen LogP) is 1.46. The first kappa shape index (κ1) is 18.5. The molecule has 0 atom stereocenters. The molecule has 1 aromatic carbocycles. The average Bonchev–Trinajstić information content (AvgIpc) is 2.88. The summed E-state index contributed by atoms with van der Waals surface area (Å²) in [6.07, 6.45) is 5.01. The van der Waals surface area contributed by atoms with E-state index in [4.69, 9.17) is 0 Å². The molecule has 0 N–H and O–H groups in total. The van der Waals surface area contributed by atoms with E-state index in [-0.39, 0.29) is 17.4 Å². The van der Waals surface area contributed by atoms with Gasteiger partial charge in [-0.1, -0.05) is 29.8 Å². The van der Waals surface area contributed by atoms with Gasteiger partial charge >= 0.3 is 0 Å². The van der Waals surface area contributed by atoms with Crippen LogP contribution in [0.4, 0.5) is 0 Å². The van der Waals surface area contributed by atoms with E-state index < -0.39 is 10.0 Å². The lowest BCUT2D eigenvalue weighted by Crippen LogP contribution is -2.38. The number of rotatable bonds is 4. The molecule has 26 heavy (non-hydrogen) atoms. The van der Waals surface area contributed by atoms with Crippen molar-refractivity contribution >= 4 is 15.9 Å². The van der Waals surface area contributed by atoms with Gasteiger partial charge in [-0.2, -0.15) is 4.31 Å². The number of hydrogen-bond acceptors (Lipinski definition) is 5. The Morgan fingerprint density at radius 1 is 1.15 bits per heavy atom. The van der Waals surface area contributed by atoms with Gasteiger partial charge in [0.1, 0.15) is 5.69 Å². The van der Waals surface area contributed by atoms with Crippen molar-refractivity contribution in [1.82, 2.24) is 19.2 Å². The molecule has 3 rings (SSSR count). The van der Waals surface area contributed by atoms with Crippen molar-refractivity contribution in [2.75, 3.05) is 26.2 Å². The topological polar surface area (TPSA) is 83.5 Å². The Hall–Kier alpha value is -2.32. The fourth-order valence-corrected chi connectivity index (χ4v) is 4.60. The summed E-state index contributed by atoms with van der Waals surface area (Å²) in [5.41, 5.74) is 2.10. The van der Waals surface area contributed by atoms with Crippen molar-refractivity contribution in [2.45, 2.75) is 19.1 Å².